The van der Waals surface area contributed by atoms with Gasteiger partial charge in [-0.05, 0) is 66.4 Å². The van der Waals surface area contributed by atoms with Gasteiger partial charge in [0.15, 0.2) is 5.82 Å². The van der Waals surface area contributed by atoms with Crippen LogP contribution in [0.25, 0.3) is 32.9 Å². The van der Waals surface area contributed by atoms with Gasteiger partial charge in [0, 0.05) is 42.5 Å². The molecule has 0 saturated carbocycles. The summed E-state index contributed by atoms with van der Waals surface area (Å²) in [7, 11) is -2.33. The molecule has 0 radical (unpaired) electrons. The van der Waals surface area contributed by atoms with Gasteiger partial charge in [-0.1, -0.05) is 53.5 Å². The predicted molar refractivity (Wildman–Crippen MR) is 215 cm³/mol. The molecule has 0 spiro atoms. The summed E-state index contributed by atoms with van der Waals surface area (Å²) >= 11 is 0. The van der Waals surface area contributed by atoms with Gasteiger partial charge in [-0.15, -0.1) is 5.54 Å². The molecule has 2 bridgehead atoms. The van der Waals surface area contributed by atoms with Crippen molar-refractivity contribution in [1.29, 1.82) is 0 Å². The Morgan fingerprint density at radius 3 is 2.47 bits per heavy atom. The number of ether oxygens (including phenoxy) is 2. The molecule has 4 fully saturated rings. The van der Waals surface area contributed by atoms with Crippen LogP contribution in [0.5, 0.6) is 17.6 Å². The van der Waals surface area contributed by atoms with E-state index in [2.05, 4.69) is 68.2 Å². The number of alkyl halides is 2. The molecule has 0 aliphatic carbocycles. The van der Waals surface area contributed by atoms with Crippen molar-refractivity contribution in [2.24, 2.45) is 0 Å². The second kappa shape index (κ2) is 13.4. The minimum atomic E-state index is -2.83. The number of aromatic nitrogens is 3. The third-order valence-electron chi connectivity index (χ3n) is 13.8. The highest BCUT2D eigenvalue weighted by molar-refractivity contribution is 6.90. The van der Waals surface area contributed by atoms with Gasteiger partial charge in [0.2, 0.25) is 5.88 Å². The number of nitrogens with zero attached hydrogens (tertiary/aromatic N) is 5. The summed E-state index contributed by atoms with van der Waals surface area (Å²) in [6.45, 7) is 15.8. The highest BCUT2D eigenvalue weighted by atomic mass is 28.3. The summed E-state index contributed by atoms with van der Waals surface area (Å²) in [6.07, 6.45) is 1.69. The van der Waals surface area contributed by atoms with Gasteiger partial charge in [-0.3, -0.25) is 4.90 Å². The summed E-state index contributed by atoms with van der Waals surface area (Å²) < 4.78 is 75.9. The van der Waals surface area contributed by atoms with Crippen LogP contribution in [-0.2, 0) is 0 Å². The number of hydrogen-bond acceptors (Lipinski definition) is 9. The Balaban J connectivity index is 1.26. The van der Waals surface area contributed by atoms with Crippen LogP contribution in [0.3, 0.4) is 0 Å². The topological polar surface area (TPSA) is 95.9 Å². The fourth-order valence-corrected chi connectivity index (χ4v) is 16.3. The van der Waals surface area contributed by atoms with Gasteiger partial charge in [-0.2, -0.15) is 9.97 Å². The van der Waals surface area contributed by atoms with Gasteiger partial charge in [0.05, 0.1) is 23.7 Å². The Kier molecular flexibility index (Phi) is 9.03. The maximum atomic E-state index is 17.6. The predicted octanol–water partition coefficient (Wildman–Crippen LogP) is 8.35. The van der Waals surface area contributed by atoms with E-state index in [0.29, 0.717) is 36.1 Å². The van der Waals surface area contributed by atoms with Gasteiger partial charge < -0.3 is 24.8 Å². The molecule has 302 valence electrons. The smallest absolute Gasteiger partial charge is 0.319 e. The van der Waals surface area contributed by atoms with E-state index in [1.807, 2.05) is 6.92 Å². The van der Waals surface area contributed by atoms with Crippen molar-refractivity contribution in [2.45, 2.75) is 126 Å². The maximum absolute atomic E-state index is 17.6. The van der Waals surface area contributed by atoms with Crippen LogP contribution in [0, 0.1) is 23.1 Å². The van der Waals surface area contributed by atoms with E-state index in [-0.39, 0.29) is 99.7 Å². The van der Waals surface area contributed by atoms with Crippen LogP contribution in [-0.4, -0.2) is 95.0 Å². The zero-order valence-electron chi connectivity index (χ0n) is 33.5. The van der Waals surface area contributed by atoms with Crippen LogP contribution >= 0.6 is 0 Å². The first-order valence-corrected chi connectivity index (χ1v) is 22.6. The average Bonchev–Trinajstić information content (AvgIpc) is 3.55. The molecule has 9 rings (SSSR count). The zero-order chi connectivity index (χ0) is 40.3. The minimum Gasteiger partial charge on any atom is -0.508 e. The first-order chi connectivity index (χ1) is 27.0. The number of benzene rings is 2. The number of fused-ring (bicyclic) bond motifs is 7. The normalized spacial score (nSPS) is 26.3. The SMILES string of the molecule is CC(C)[Si](C#Cc1c(F)ccc2cc(O)cc(-c3nc4c5c(nc(OC[C@]67CCN6CC(F)(F)C7)nc5c3F)N3C[C@H]5CC[C@H](N5)[C@H]3[C@H](C)O4)c12)(C(C)C)C(C)C. The van der Waals surface area contributed by atoms with E-state index in [9.17, 15) is 13.9 Å². The highest BCUT2D eigenvalue weighted by Crippen LogP contribution is 2.49. The standard InChI is InChI=1S/C43H50F4N6O3Si/c1-22(2)57(23(3)4,24(5)6)15-12-29-31(44)10-8-26-16-28(54)17-30(33(26)29)36-35(45)37-34-39(51-41(50-37)55-21-42-13-14-52(42)20-43(46,47)19-42)53-18-27-9-11-32(48-27)38(53)25(7)56-40(34)49-36/h8,10,16-17,22-25,27,32,38,48,54H,9,11,13-14,18-21H2,1-7H3/t25-,27+,32-,38+,42+/m0/s1. The van der Waals surface area contributed by atoms with Crippen molar-refractivity contribution in [3.8, 4) is 40.4 Å². The lowest BCUT2D eigenvalue weighted by Gasteiger charge is -2.46. The molecular formula is C43H50F4N6O3Si. The van der Waals surface area contributed by atoms with Crippen LogP contribution in [0.15, 0.2) is 24.3 Å². The van der Waals surface area contributed by atoms with E-state index >= 15 is 8.78 Å². The lowest BCUT2D eigenvalue weighted by molar-refractivity contribution is -0.0132. The second-order valence-electron chi connectivity index (χ2n) is 18.0. The summed E-state index contributed by atoms with van der Waals surface area (Å²) in [6, 6.07) is 5.71. The molecule has 4 aromatic rings. The molecule has 2 N–H and O–H groups in total. The molecule has 5 aliphatic heterocycles. The number of rotatable bonds is 7. The number of anilines is 1. The molecule has 9 nitrogen and oxygen atoms in total. The summed E-state index contributed by atoms with van der Waals surface area (Å²) in [5, 5.41) is 15.8. The molecule has 14 heteroatoms. The van der Waals surface area contributed by atoms with E-state index in [1.165, 1.54) is 18.2 Å². The van der Waals surface area contributed by atoms with Crippen LogP contribution in [0.1, 0.15) is 79.7 Å². The number of pyridine rings is 1. The van der Waals surface area contributed by atoms with Crippen molar-refractivity contribution >= 4 is 35.6 Å². The van der Waals surface area contributed by atoms with Crippen LogP contribution < -0.4 is 19.7 Å². The zero-order valence-corrected chi connectivity index (χ0v) is 34.5. The quantitative estimate of drug-likeness (QED) is 0.109. The highest BCUT2D eigenvalue weighted by Gasteiger charge is 2.60. The number of phenols is 1. The first-order valence-electron chi connectivity index (χ1n) is 20.4. The van der Waals surface area contributed by atoms with Crippen molar-refractivity contribution in [3.63, 3.8) is 0 Å². The maximum Gasteiger partial charge on any atom is 0.319 e. The van der Waals surface area contributed by atoms with Crippen molar-refractivity contribution in [3.05, 3.63) is 41.5 Å². The van der Waals surface area contributed by atoms with E-state index < -0.39 is 37.3 Å². The lowest BCUT2D eigenvalue weighted by atomic mass is 9.85. The van der Waals surface area contributed by atoms with Crippen molar-refractivity contribution in [1.82, 2.24) is 25.2 Å². The lowest BCUT2D eigenvalue weighted by Crippen LogP contribution is -2.62. The first kappa shape index (κ1) is 38.3. The third kappa shape index (κ3) is 5.96. The molecule has 5 aliphatic rings. The fraction of sp³-hybridized carbons (Fsp3) is 0.558. The Hall–Kier alpha value is -4.19. The summed E-state index contributed by atoms with van der Waals surface area (Å²) in [5.74, 6) is -0.609. The van der Waals surface area contributed by atoms with Gasteiger partial charge in [-0.25, -0.2) is 22.5 Å². The van der Waals surface area contributed by atoms with E-state index in [1.54, 1.807) is 11.0 Å². The van der Waals surface area contributed by atoms with E-state index in [4.69, 9.17) is 19.4 Å². The monoisotopic (exact) mass is 802 g/mol. The Labute approximate surface area is 331 Å². The number of aromatic hydroxyl groups is 1. The molecule has 2 aromatic heterocycles. The van der Waals surface area contributed by atoms with Crippen molar-refractivity contribution < 1.29 is 32.1 Å². The molecule has 57 heavy (non-hydrogen) atoms. The molecule has 0 unspecified atom stereocenters. The molecule has 7 heterocycles. The minimum absolute atomic E-state index is 0.0739. The number of halogens is 4. The number of piperazine rings is 1. The average molecular weight is 803 g/mol. The molecular weight excluding hydrogens is 753 g/mol. The second-order valence-corrected chi connectivity index (χ2v) is 23.6. The van der Waals surface area contributed by atoms with E-state index in [0.717, 1.165) is 12.8 Å². The number of hydrogen-bond donors (Lipinski definition) is 2. The summed E-state index contributed by atoms with van der Waals surface area (Å²) in [5.41, 5.74) is 3.55. The molecule has 2 aromatic carbocycles. The molecule has 5 atom stereocenters. The molecule has 4 saturated heterocycles. The fourth-order valence-electron chi connectivity index (χ4n) is 11.1. The Morgan fingerprint density at radius 1 is 1.04 bits per heavy atom. The largest absolute Gasteiger partial charge is 0.508 e. The number of phenolic OH excluding ortho intramolecular Hbond substituents is 1. The summed E-state index contributed by atoms with van der Waals surface area (Å²) in [4.78, 5) is 18.2. The van der Waals surface area contributed by atoms with Crippen LogP contribution in [0.2, 0.25) is 16.6 Å². The Bertz CT molecular complexity index is 2350. The van der Waals surface area contributed by atoms with Crippen LogP contribution in [0.4, 0.5) is 23.4 Å². The van der Waals surface area contributed by atoms with Gasteiger partial charge in [0.25, 0.3) is 5.92 Å². The Morgan fingerprint density at radius 2 is 1.79 bits per heavy atom. The molecule has 0 amide bonds. The van der Waals surface area contributed by atoms with Gasteiger partial charge in [0.1, 0.15) is 54.8 Å². The van der Waals surface area contributed by atoms with Crippen molar-refractivity contribution in [2.75, 3.05) is 31.1 Å². The number of nitrogens with one attached hydrogen (secondary N) is 1. The third-order valence-corrected chi connectivity index (χ3v) is 20.1. The van der Waals surface area contributed by atoms with Gasteiger partial charge >= 0.3 is 6.01 Å².